The fourth-order valence-electron chi connectivity index (χ4n) is 1.85. The largest absolute Gasteiger partial charge is 0.465 e. The van der Waals surface area contributed by atoms with Gasteiger partial charge in [-0.1, -0.05) is 18.7 Å². The number of amides is 2. The topological polar surface area (TPSA) is 111 Å². The van der Waals surface area contributed by atoms with Crippen molar-refractivity contribution in [1.29, 1.82) is 0 Å². The maximum atomic E-state index is 12.1. The molecule has 1 aromatic rings. The van der Waals surface area contributed by atoms with E-state index in [0.29, 0.717) is 10.6 Å². The van der Waals surface area contributed by atoms with Crippen molar-refractivity contribution >= 4 is 51.1 Å². The third kappa shape index (κ3) is 3.66. The number of carbonyl (C=O) groups is 3. The van der Waals surface area contributed by atoms with Crippen LogP contribution in [0.3, 0.4) is 0 Å². The number of methoxy groups -OCH3 is 1. The van der Waals surface area contributed by atoms with E-state index < -0.39 is 17.1 Å². The smallest absolute Gasteiger partial charge is 0.340 e. The molecule has 0 fully saturated rings. The van der Waals surface area contributed by atoms with Crippen LogP contribution in [0.2, 0.25) is 0 Å². The van der Waals surface area contributed by atoms with Crippen molar-refractivity contribution in [2.24, 2.45) is 10.7 Å². The van der Waals surface area contributed by atoms with Gasteiger partial charge in [-0.15, -0.1) is 11.3 Å². The number of nitrogens with zero attached hydrogens (tertiary/aromatic N) is 1. The number of aliphatic imine (C=N–C) groups is 1. The lowest BCUT2D eigenvalue weighted by atomic mass is 10.2. The molecule has 7 nitrogen and oxygen atoms in total. The highest BCUT2D eigenvalue weighted by atomic mass is 32.2. The number of anilines is 1. The first-order valence-corrected chi connectivity index (χ1v) is 8.19. The minimum absolute atomic E-state index is 0.0479. The van der Waals surface area contributed by atoms with Gasteiger partial charge in [0.1, 0.15) is 10.3 Å². The van der Waals surface area contributed by atoms with Crippen molar-refractivity contribution in [3.05, 3.63) is 16.5 Å². The first-order chi connectivity index (χ1) is 10.4. The molecule has 2 rings (SSSR count). The van der Waals surface area contributed by atoms with Gasteiger partial charge in [-0.05, 0) is 12.5 Å². The minimum atomic E-state index is -0.604. The van der Waals surface area contributed by atoms with E-state index in [9.17, 15) is 14.4 Å². The Morgan fingerprint density at radius 3 is 2.77 bits per heavy atom. The average Bonchev–Trinajstić information content (AvgIpc) is 3.01. The molecular weight excluding hydrogens is 326 g/mol. The van der Waals surface area contributed by atoms with Gasteiger partial charge in [0, 0.05) is 11.3 Å². The van der Waals surface area contributed by atoms with E-state index in [4.69, 9.17) is 10.5 Å². The number of carbonyl (C=O) groups excluding carboxylic acids is 3. The molecule has 1 atom stereocenters. The lowest BCUT2D eigenvalue weighted by Crippen LogP contribution is -2.22. The van der Waals surface area contributed by atoms with Gasteiger partial charge in [0.2, 0.25) is 5.91 Å². The van der Waals surface area contributed by atoms with Gasteiger partial charge in [0.25, 0.3) is 5.91 Å². The predicted molar refractivity (Wildman–Crippen MR) is 86.3 cm³/mol. The van der Waals surface area contributed by atoms with E-state index in [0.717, 1.165) is 23.1 Å². The van der Waals surface area contributed by atoms with Gasteiger partial charge >= 0.3 is 5.97 Å². The van der Waals surface area contributed by atoms with Crippen molar-refractivity contribution in [3.8, 4) is 0 Å². The van der Waals surface area contributed by atoms with Gasteiger partial charge in [-0.2, -0.15) is 4.99 Å². The van der Waals surface area contributed by atoms with Crippen LogP contribution in [-0.2, 0) is 20.7 Å². The number of ether oxygens (including phenoxy) is 1. The Kier molecular flexibility index (Phi) is 5.19. The molecule has 0 spiro atoms. The van der Waals surface area contributed by atoms with Crippen LogP contribution in [0, 0.1) is 0 Å². The van der Waals surface area contributed by atoms with Crippen LogP contribution in [0.4, 0.5) is 5.00 Å². The summed E-state index contributed by atoms with van der Waals surface area (Å²) >= 11 is 2.38. The van der Waals surface area contributed by atoms with Crippen molar-refractivity contribution in [2.45, 2.75) is 25.0 Å². The molecule has 22 heavy (non-hydrogen) atoms. The third-order valence-electron chi connectivity index (χ3n) is 2.92. The van der Waals surface area contributed by atoms with Crippen LogP contribution in [0.1, 0.15) is 28.6 Å². The number of thioether (sulfide) groups is 1. The zero-order chi connectivity index (χ0) is 16.3. The van der Waals surface area contributed by atoms with E-state index in [1.165, 1.54) is 18.4 Å². The third-order valence-corrected chi connectivity index (χ3v) is 5.10. The summed E-state index contributed by atoms with van der Waals surface area (Å²) < 4.78 is 4.70. The SMILES string of the molecule is CCc1cc(C(=O)OC)c(NC(=O)C[C@H]2SC(N)=NC2=O)s1. The highest BCUT2D eigenvalue weighted by molar-refractivity contribution is 8.15. The van der Waals surface area contributed by atoms with Crippen molar-refractivity contribution < 1.29 is 19.1 Å². The molecule has 2 heterocycles. The monoisotopic (exact) mass is 341 g/mol. The highest BCUT2D eigenvalue weighted by Crippen LogP contribution is 2.30. The number of amidine groups is 1. The van der Waals surface area contributed by atoms with E-state index in [1.807, 2.05) is 6.92 Å². The molecule has 0 bridgehead atoms. The highest BCUT2D eigenvalue weighted by Gasteiger charge is 2.29. The normalized spacial score (nSPS) is 17.3. The molecule has 1 aliphatic rings. The van der Waals surface area contributed by atoms with Crippen LogP contribution < -0.4 is 11.1 Å². The molecule has 1 aromatic heterocycles. The first-order valence-electron chi connectivity index (χ1n) is 6.50. The Balaban J connectivity index is 2.07. The van der Waals surface area contributed by atoms with Gasteiger partial charge in [0.15, 0.2) is 5.17 Å². The van der Waals surface area contributed by atoms with Crippen LogP contribution in [0.15, 0.2) is 11.1 Å². The molecule has 0 unspecified atom stereocenters. The van der Waals surface area contributed by atoms with Crippen LogP contribution in [-0.4, -0.2) is 35.3 Å². The number of thiophene rings is 1. The van der Waals surface area contributed by atoms with E-state index in [1.54, 1.807) is 6.07 Å². The van der Waals surface area contributed by atoms with Gasteiger partial charge in [-0.3, -0.25) is 9.59 Å². The van der Waals surface area contributed by atoms with E-state index in [-0.39, 0.29) is 17.5 Å². The van der Waals surface area contributed by atoms with Gasteiger partial charge < -0.3 is 15.8 Å². The maximum Gasteiger partial charge on any atom is 0.340 e. The number of nitrogens with one attached hydrogen (secondary N) is 1. The Morgan fingerprint density at radius 1 is 1.50 bits per heavy atom. The number of rotatable bonds is 5. The Labute approximate surface area is 135 Å². The summed E-state index contributed by atoms with van der Waals surface area (Å²) in [6, 6.07) is 1.70. The molecule has 0 saturated heterocycles. The van der Waals surface area contributed by atoms with E-state index >= 15 is 0 Å². The van der Waals surface area contributed by atoms with E-state index in [2.05, 4.69) is 10.3 Å². The zero-order valence-electron chi connectivity index (χ0n) is 12.0. The molecule has 0 aliphatic carbocycles. The zero-order valence-corrected chi connectivity index (χ0v) is 13.7. The summed E-state index contributed by atoms with van der Waals surface area (Å²) in [6.45, 7) is 1.95. The fourth-order valence-corrected chi connectivity index (χ4v) is 3.67. The number of aryl methyl sites for hydroxylation is 1. The summed E-state index contributed by atoms with van der Waals surface area (Å²) in [4.78, 5) is 39.8. The second-order valence-electron chi connectivity index (χ2n) is 4.45. The lowest BCUT2D eigenvalue weighted by molar-refractivity contribution is -0.121. The molecule has 0 saturated carbocycles. The molecule has 118 valence electrons. The summed E-state index contributed by atoms with van der Waals surface area (Å²) in [5.74, 6) is -1.29. The molecule has 0 aromatic carbocycles. The number of esters is 1. The molecular formula is C13H15N3O4S2. The van der Waals surface area contributed by atoms with Crippen LogP contribution in [0.5, 0.6) is 0 Å². The van der Waals surface area contributed by atoms with Gasteiger partial charge in [0.05, 0.1) is 12.7 Å². The molecule has 1 aliphatic heterocycles. The molecule has 3 N–H and O–H groups in total. The van der Waals surface area contributed by atoms with Crippen molar-refractivity contribution in [3.63, 3.8) is 0 Å². The Hall–Kier alpha value is -1.87. The number of hydrogen-bond donors (Lipinski definition) is 2. The minimum Gasteiger partial charge on any atom is -0.465 e. The van der Waals surface area contributed by atoms with Crippen LogP contribution in [0.25, 0.3) is 0 Å². The molecule has 9 heteroatoms. The summed E-state index contributed by atoms with van der Waals surface area (Å²) in [7, 11) is 1.28. The standard InChI is InChI=1S/C13H15N3O4S2/c1-3-6-4-7(12(19)20-2)11(21-6)15-9(17)5-8-10(18)16-13(14)22-8/h4,8H,3,5H2,1-2H3,(H,15,17)(H2,14,16,18)/t8-/m1/s1. The first kappa shape index (κ1) is 16.5. The fraction of sp³-hybridized carbons (Fsp3) is 0.385. The summed E-state index contributed by atoms with van der Waals surface area (Å²) in [5, 5.41) is 2.66. The number of nitrogens with two attached hydrogens (primary N) is 1. The van der Waals surface area contributed by atoms with Crippen LogP contribution >= 0.6 is 23.1 Å². The summed E-state index contributed by atoms with van der Waals surface area (Å²) in [5.41, 5.74) is 5.77. The summed E-state index contributed by atoms with van der Waals surface area (Å²) in [6.07, 6.45) is 0.694. The number of hydrogen-bond acceptors (Lipinski definition) is 7. The van der Waals surface area contributed by atoms with Gasteiger partial charge in [-0.25, -0.2) is 4.79 Å². The lowest BCUT2D eigenvalue weighted by Gasteiger charge is -2.07. The Bertz CT molecular complexity index is 654. The predicted octanol–water partition coefficient (Wildman–Crippen LogP) is 1.38. The molecule has 2 amide bonds. The maximum absolute atomic E-state index is 12.1. The average molecular weight is 341 g/mol. The molecule has 0 radical (unpaired) electrons. The van der Waals surface area contributed by atoms with Crippen molar-refractivity contribution in [2.75, 3.05) is 12.4 Å². The quantitative estimate of drug-likeness (QED) is 0.783. The second-order valence-corrected chi connectivity index (χ2v) is 6.81. The Morgan fingerprint density at radius 2 is 2.23 bits per heavy atom. The second kappa shape index (κ2) is 6.93. The van der Waals surface area contributed by atoms with Crippen molar-refractivity contribution in [1.82, 2.24) is 0 Å².